The number of halogens is 1. The van der Waals surface area contributed by atoms with Crippen molar-refractivity contribution in [1.82, 2.24) is 10.6 Å². The van der Waals surface area contributed by atoms with E-state index in [9.17, 15) is 14.4 Å². The normalized spacial score (nSPS) is 11.5. The molecule has 8 heteroatoms. The van der Waals surface area contributed by atoms with Gasteiger partial charge in [-0.05, 0) is 36.8 Å². The van der Waals surface area contributed by atoms with Crippen LogP contribution < -0.4 is 10.6 Å². The van der Waals surface area contributed by atoms with Gasteiger partial charge in [-0.2, -0.15) is 0 Å². The van der Waals surface area contributed by atoms with Crippen molar-refractivity contribution in [3.63, 3.8) is 0 Å². The van der Waals surface area contributed by atoms with E-state index in [0.717, 1.165) is 5.56 Å². The molecule has 138 valence electrons. The first-order valence-corrected chi connectivity index (χ1v) is 8.35. The van der Waals surface area contributed by atoms with E-state index >= 15 is 0 Å². The first kappa shape index (κ1) is 19.5. The third-order valence-electron chi connectivity index (χ3n) is 3.45. The Morgan fingerprint density at radius 3 is 2.73 bits per heavy atom. The van der Waals surface area contributed by atoms with Crippen LogP contribution in [0.25, 0.3) is 0 Å². The Morgan fingerprint density at radius 1 is 1.23 bits per heavy atom. The van der Waals surface area contributed by atoms with Crippen molar-refractivity contribution in [3.8, 4) is 0 Å². The van der Waals surface area contributed by atoms with Crippen LogP contribution in [0.1, 0.15) is 35.5 Å². The van der Waals surface area contributed by atoms with E-state index in [1.807, 2.05) is 6.07 Å². The van der Waals surface area contributed by atoms with Gasteiger partial charge in [0.15, 0.2) is 12.4 Å². The number of carbonyl (C=O) groups excluding carboxylic acids is 3. The minimum absolute atomic E-state index is 0.0520. The van der Waals surface area contributed by atoms with Crippen LogP contribution in [-0.2, 0) is 14.3 Å². The number of nitrogens with one attached hydrogen (secondary N) is 2. The summed E-state index contributed by atoms with van der Waals surface area (Å²) in [6.07, 6.45) is 1.33. The lowest BCUT2D eigenvalue weighted by Gasteiger charge is -2.14. The number of carbonyl (C=O) groups is 3. The molecule has 0 saturated heterocycles. The van der Waals surface area contributed by atoms with Crippen LogP contribution in [0.4, 0.5) is 0 Å². The van der Waals surface area contributed by atoms with Gasteiger partial charge in [-0.3, -0.25) is 14.4 Å². The number of hydrogen-bond donors (Lipinski definition) is 2. The average Bonchev–Trinajstić information content (AvgIpc) is 3.14. The standard InChI is InChI=1S/C18H19ClN2O5/c1-12(13-4-2-5-14(19)10-13)21-16(22)11-26-17(23)7-8-20-18(24)15-6-3-9-25-15/h2-6,9-10,12H,7-8,11H2,1H3,(H,20,24)(H,21,22)/t12-/m1/s1. The minimum Gasteiger partial charge on any atom is -0.459 e. The van der Waals surface area contributed by atoms with Crippen LogP contribution in [0.15, 0.2) is 47.1 Å². The van der Waals surface area contributed by atoms with E-state index in [1.54, 1.807) is 31.2 Å². The lowest BCUT2D eigenvalue weighted by molar-refractivity contribution is -0.148. The van der Waals surface area contributed by atoms with E-state index < -0.39 is 24.4 Å². The number of esters is 1. The van der Waals surface area contributed by atoms with Crippen molar-refractivity contribution >= 4 is 29.4 Å². The number of hydrogen-bond acceptors (Lipinski definition) is 5. The largest absolute Gasteiger partial charge is 0.459 e. The maximum atomic E-state index is 11.9. The first-order valence-electron chi connectivity index (χ1n) is 7.98. The van der Waals surface area contributed by atoms with Gasteiger partial charge in [-0.1, -0.05) is 23.7 Å². The molecule has 0 aliphatic carbocycles. The lowest BCUT2D eigenvalue weighted by Crippen LogP contribution is -2.32. The summed E-state index contributed by atoms with van der Waals surface area (Å²) in [7, 11) is 0. The monoisotopic (exact) mass is 378 g/mol. The zero-order valence-electron chi connectivity index (χ0n) is 14.2. The van der Waals surface area contributed by atoms with Gasteiger partial charge in [0.1, 0.15) is 0 Å². The molecular formula is C18H19ClN2O5. The fourth-order valence-electron chi connectivity index (χ4n) is 2.13. The van der Waals surface area contributed by atoms with Crippen molar-refractivity contribution in [2.24, 2.45) is 0 Å². The second-order valence-electron chi connectivity index (χ2n) is 5.49. The Morgan fingerprint density at radius 2 is 2.04 bits per heavy atom. The van der Waals surface area contributed by atoms with Crippen LogP contribution >= 0.6 is 11.6 Å². The highest BCUT2D eigenvalue weighted by atomic mass is 35.5. The Hall–Kier alpha value is -2.80. The molecule has 0 aliphatic heterocycles. The molecule has 0 unspecified atom stereocenters. The van der Waals surface area contributed by atoms with Gasteiger partial charge in [-0.15, -0.1) is 0 Å². The molecule has 0 aliphatic rings. The first-order chi connectivity index (χ1) is 12.5. The zero-order chi connectivity index (χ0) is 18.9. The number of amides is 2. The van der Waals surface area contributed by atoms with Crippen LogP contribution in [-0.4, -0.2) is 30.9 Å². The number of ether oxygens (including phenoxy) is 1. The van der Waals surface area contributed by atoms with Crippen LogP contribution in [0.5, 0.6) is 0 Å². The van der Waals surface area contributed by atoms with Crippen molar-refractivity contribution in [2.75, 3.05) is 13.2 Å². The van der Waals surface area contributed by atoms with Crippen molar-refractivity contribution in [3.05, 3.63) is 59.0 Å². The quantitative estimate of drug-likeness (QED) is 0.688. The van der Waals surface area contributed by atoms with Crippen molar-refractivity contribution < 1.29 is 23.5 Å². The molecule has 2 N–H and O–H groups in total. The van der Waals surface area contributed by atoms with Gasteiger partial charge in [0.2, 0.25) is 0 Å². The third-order valence-corrected chi connectivity index (χ3v) is 3.69. The summed E-state index contributed by atoms with van der Waals surface area (Å²) in [5, 5.41) is 5.81. The Bertz CT molecular complexity index is 761. The molecule has 7 nitrogen and oxygen atoms in total. The summed E-state index contributed by atoms with van der Waals surface area (Å²) in [5.41, 5.74) is 0.845. The average molecular weight is 379 g/mol. The maximum Gasteiger partial charge on any atom is 0.308 e. The molecular weight excluding hydrogens is 360 g/mol. The molecule has 0 saturated carbocycles. The highest BCUT2D eigenvalue weighted by Crippen LogP contribution is 2.17. The lowest BCUT2D eigenvalue weighted by atomic mass is 10.1. The highest BCUT2D eigenvalue weighted by molar-refractivity contribution is 6.30. The fraction of sp³-hybridized carbons (Fsp3) is 0.278. The van der Waals surface area contributed by atoms with E-state index in [-0.39, 0.29) is 24.8 Å². The van der Waals surface area contributed by atoms with Crippen molar-refractivity contribution in [2.45, 2.75) is 19.4 Å². The Labute approximate surface area is 155 Å². The zero-order valence-corrected chi connectivity index (χ0v) is 14.9. The summed E-state index contributed by atoms with van der Waals surface area (Å²) in [6.45, 7) is 1.49. The SMILES string of the molecule is C[C@@H](NC(=O)COC(=O)CCNC(=O)c1ccco1)c1cccc(Cl)c1. The highest BCUT2D eigenvalue weighted by Gasteiger charge is 2.13. The molecule has 1 aromatic carbocycles. The Balaban J connectivity index is 1.65. The molecule has 0 spiro atoms. The Kier molecular flexibility index (Phi) is 7.23. The summed E-state index contributed by atoms with van der Waals surface area (Å²) < 4.78 is 9.81. The van der Waals surface area contributed by atoms with E-state index in [4.69, 9.17) is 20.8 Å². The summed E-state index contributed by atoms with van der Waals surface area (Å²) >= 11 is 5.91. The molecule has 1 heterocycles. The van der Waals surface area contributed by atoms with Gasteiger partial charge in [0, 0.05) is 11.6 Å². The molecule has 2 amide bonds. The van der Waals surface area contributed by atoms with E-state index in [0.29, 0.717) is 5.02 Å². The molecule has 0 fully saturated rings. The van der Waals surface area contributed by atoms with Crippen molar-refractivity contribution in [1.29, 1.82) is 0 Å². The van der Waals surface area contributed by atoms with E-state index in [1.165, 1.54) is 12.3 Å². The fourth-order valence-corrected chi connectivity index (χ4v) is 2.33. The summed E-state index contributed by atoms with van der Waals surface area (Å²) in [4.78, 5) is 35.1. The third kappa shape index (κ3) is 6.25. The van der Waals surface area contributed by atoms with Gasteiger partial charge < -0.3 is 19.8 Å². The smallest absolute Gasteiger partial charge is 0.308 e. The molecule has 26 heavy (non-hydrogen) atoms. The summed E-state index contributed by atoms with van der Waals surface area (Å²) in [6, 6.07) is 9.95. The molecule has 0 bridgehead atoms. The van der Waals surface area contributed by atoms with Gasteiger partial charge in [0.05, 0.1) is 18.7 Å². The minimum atomic E-state index is -0.588. The molecule has 2 rings (SSSR count). The topological polar surface area (TPSA) is 97.6 Å². The summed E-state index contributed by atoms with van der Waals surface area (Å²) in [5.74, 6) is -1.27. The molecule has 1 atom stereocenters. The van der Waals surface area contributed by atoms with Crippen LogP contribution in [0, 0.1) is 0 Å². The molecule has 1 aromatic heterocycles. The van der Waals surface area contributed by atoms with Gasteiger partial charge in [0.25, 0.3) is 11.8 Å². The number of benzene rings is 1. The number of furan rings is 1. The maximum absolute atomic E-state index is 11.9. The van der Waals surface area contributed by atoms with E-state index in [2.05, 4.69) is 10.6 Å². The van der Waals surface area contributed by atoms with Crippen LogP contribution in [0.3, 0.4) is 0 Å². The second-order valence-corrected chi connectivity index (χ2v) is 5.92. The predicted octanol–water partition coefficient (Wildman–Crippen LogP) is 2.47. The van der Waals surface area contributed by atoms with Crippen LogP contribution in [0.2, 0.25) is 5.02 Å². The number of rotatable bonds is 8. The second kappa shape index (κ2) is 9.62. The van der Waals surface area contributed by atoms with Gasteiger partial charge in [-0.25, -0.2) is 0 Å². The molecule has 2 aromatic rings. The van der Waals surface area contributed by atoms with Gasteiger partial charge >= 0.3 is 5.97 Å². The molecule has 0 radical (unpaired) electrons. The predicted molar refractivity (Wildman–Crippen MR) is 94.6 cm³/mol.